The Labute approximate surface area is 206 Å². The number of carbonyl (C=O) groups is 2. The van der Waals surface area contributed by atoms with Crippen molar-refractivity contribution in [3.8, 4) is 11.5 Å². The van der Waals surface area contributed by atoms with Crippen LogP contribution in [0.25, 0.3) is 0 Å². The standard InChI is InChI=1S/C28H32N2O5/c1-4-30(19-23-15-16-25(33-2)26(18-23)34-3)27(31)24(17-21-11-7-5-8-12-21)29-28(32)35-20-22-13-9-6-10-14-22/h5-16,18,24H,4,17,19-20H2,1-3H3,(H,29,32)/t24-/m0/s1. The van der Waals surface area contributed by atoms with Gasteiger partial charge in [-0.1, -0.05) is 66.7 Å². The third kappa shape index (κ3) is 7.50. The van der Waals surface area contributed by atoms with Gasteiger partial charge in [-0.3, -0.25) is 4.79 Å². The number of hydrogen-bond donors (Lipinski definition) is 1. The van der Waals surface area contributed by atoms with Crippen molar-refractivity contribution >= 4 is 12.0 Å². The number of carbonyl (C=O) groups excluding carboxylic acids is 2. The number of benzene rings is 3. The first kappa shape index (κ1) is 25.6. The average Bonchev–Trinajstić information content (AvgIpc) is 2.90. The van der Waals surface area contributed by atoms with E-state index in [2.05, 4.69) is 5.32 Å². The van der Waals surface area contributed by atoms with Gasteiger partial charge in [0.05, 0.1) is 14.2 Å². The number of likely N-dealkylation sites (N-methyl/N-ethyl adjacent to an activating group) is 1. The van der Waals surface area contributed by atoms with Crippen LogP contribution in [0.15, 0.2) is 78.9 Å². The summed E-state index contributed by atoms with van der Waals surface area (Å²) < 4.78 is 16.1. The van der Waals surface area contributed by atoms with Gasteiger partial charge in [-0.25, -0.2) is 4.79 Å². The predicted octanol–water partition coefficient (Wildman–Crippen LogP) is 4.59. The highest BCUT2D eigenvalue weighted by Crippen LogP contribution is 2.28. The number of alkyl carbamates (subject to hydrolysis) is 1. The Morgan fingerprint density at radius 1 is 0.829 bits per heavy atom. The molecule has 1 N–H and O–H groups in total. The Morgan fingerprint density at radius 2 is 1.46 bits per heavy atom. The molecule has 0 fully saturated rings. The zero-order chi connectivity index (χ0) is 25.0. The Kier molecular flexibility index (Phi) is 9.54. The third-order valence-corrected chi connectivity index (χ3v) is 5.60. The summed E-state index contributed by atoms with van der Waals surface area (Å²) in [7, 11) is 3.15. The monoisotopic (exact) mass is 476 g/mol. The molecule has 3 aromatic carbocycles. The van der Waals surface area contributed by atoms with E-state index in [0.29, 0.717) is 31.0 Å². The lowest BCUT2D eigenvalue weighted by Crippen LogP contribution is -2.49. The smallest absolute Gasteiger partial charge is 0.408 e. The second-order valence-corrected chi connectivity index (χ2v) is 7.99. The molecule has 0 heterocycles. The second kappa shape index (κ2) is 13.0. The molecular formula is C28H32N2O5. The van der Waals surface area contributed by atoms with E-state index in [1.54, 1.807) is 19.1 Å². The molecule has 0 aromatic heterocycles. The van der Waals surface area contributed by atoms with Crippen molar-refractivity contribution in [3.05, 3.63) is 95.6 Å². The summed E-state index contributed by atoms with van der Waals surface area (Å²) in [6.45, 7) is 2.87. The number of nitrogens with zero attached hydrogens (tertiary/aromatic N) is 1. The van der Waals surface area contributed by atoms with Crippen molar-refractivity contribution in [1.29, 1.82) is 0 Å². The molecule has 7 heteroatoms. The third-order valence-electron chi connectivity index (χ3n) is 5.60. The molecule has 7 nitrogen and oxygen atoms in total. The van der Waals surface area contributed by atoms with Crippen molar-refractivity contribution in [3.63, 3.8) is 0 Å². The molecule has 0 spiro atoms. The van der Waals surface area contributed by atoms with E-state index in [9.17, 15) is 9.59 Å². The predicted molar refractivity (Wildman–Crippen MR) is 134 cm³/mol. The van der Waals surface area contributed by atoms with Gasteiger partial charge in [-0.05, 0) is 35.7 Å². The van der Waals surface area contributed by atoms with Crippen LogP contribution in [0.5, 0.6) is 11.5 Å². The van der Waals surface area contributed by atoms with E-state index in [0.717, 1.165) is 16.7 Å². The van der Waals surface area contributed by atoms with Gasteiger partial charge in [0.2, 0.25) is 5.91 Å². The van der Waals surface area contributed by atoms with Gasteiger partial charge in [0.15, 0.2) is 11.5 Å². The molecule has 3 rings (SSSR count). The number of ether oxygens (including phenoxy) is 3. The maximum absolute atomic E-state index is 13.6. The highest BCUT2D eigenvalue weighted by atomic mass is 16.5. The fourth-order valence-corrected chi connectivity index (χ4v) is 3.72. The Morgan fingerprint density at radius 3 is 2.06 bits per heavy atom. The highest BCUT2D eigenvalue weighted by molar-refractivity contribution is 5.86. The van der Waals surface area contributed by atoms with E-state index in [-0.39, 0.29) is 12.5 Å². The minimum Gasteiger partial charge on any atom is -0.493 e. The van der Waals surface area contributed by atoms with Crippen LogP contribution >= 0.6 is 0 Å². The number of hydrogen-bond acceptors (Lipinski definition) is 5. The first-order chi connectivity index (χ1) is 17.0. The van der Waals surface area contributed by atoms with Gasteiger partial charge in [-0.2, -0.15) is 0 Å². The molecule has 35 heavy (non-hydrogen) atoms. The van der Waals surface area contributed by atoms with Gasteiger partial charge in [0, 0.05) is 19.5 Å². The SMILES string of the molecule is CCN(Cc1ccc(OC)c(OC)c1)C(=O)[C@H](Cc1ccccc1)NC(=O)OCc1ccccc1. The number of rotatable bonds is 11. The van der Waals surface area contributed by atoms with Crippen LogP contribution in [-0.2, 0) is 29.1 Å². The van der Waals surface area contributed by atoms with E-state index in [1.807, 2.05) is 85.8 Å². The second-order valence-electron chi connectivity index (χ2n) is 7.99. The Bertz CT molecular complexity index is 1090. The van der Waals surface area contributed by atoms with Gasteiger partial charge in [0.25, 0.3) is 0 Å². The average molecular weight is 477 g/mol. The van der Waals surface area contributed by atoms with E-state index in [4.69, 9.17) is 14.2 Å². The number of nitrogens with one attached hydrogen (secondary N) is 1. The van der Waals surface area contributed by atoms with Crippen LogP contribution in [0, 0.1) is 0 Å². The van der Waals surface area contributed by atoms with Crippen molar-refractivity contribution < 1.29 is 23.8 Å². The van der Waals surface area contributed by atoms with Crippen LogP contribution in [0.4, 0.5) is 4.79 Å². The van der Waals surface area contributed by atoms with Crippen LogP contribution in [0.2, 0.25) is 0 Å². The van der Waals surface area contributed by atoms with Crippen molar-refractivity contribution in [2.24, 2.45) is 0 Å². The van der Waals surface area contributed by atoms with Gasteiger partial charge in [0.1, 0.15) is 12.6 Å². The molecule has 0 aliphatic heterocycles. The molecule has 0 radical (unpaired) electrons. The summed E-state index contributed by atoms with van der Waals surface area (Å²) in [5.74, 6) is 1.02. The molecule has 0 aliphatic rings. The first-order valence-corrected chi connectivity index (χ1v) is 11.5. The first-order valence-electron chi connectivity index (χ1n) is 11.5. The van der Waals surface area contributed by atoms with Crippen LogP contribution in [0.1, 0.15) is 23.6 Å². The molecule has 1 atom stereocenters. The maximum atomic E-state index is 13.6. The summed E-state index contributed by atoms with van der Waals surface area (Å²) >= 11 is 0. The number of amides is 2. The van der Waals surface area contributed by atoms with E-state index >= 15 is 0 Å². The fourth-order valence-electron chi connectivity index (χ4n) is 3.72. The molecule has 0 saturated carbocycles. The zero-order valence-corrected chi connectivity index (χ0v) is 20.4. The van der Waals surface area contributed by atoms with Crippen LogP contribution in [-0.4, -0.2) is 43.7 Å². The molecule has 0 bridgehead atoms. The molecule has 184 valence electrons. The topological polar surface area (TPSA) is 77.1 Å². The van der Waals surface area contributed by atoms with Gasteiger partial charge >= 0.3 is 6.09 Å². The fraction of sp³-hybridized carbons (Fsp3) is 0.286. The van der Waals surface area contributed by atoms with Crippen molar-refractivity contribution in [2.75, 3.05) is 20.8 Å². The van der Waals surface area contributed by atoms with E-state index in [1.165, 1.54) is 0 Å². The lowest BCUT2D eigenvalue weighted by atomic mass is 10.0. The van der Waals surface area contributed by atoms with Gasteiger partial charge < -0.3 is 24.4 Å². The Balaban J connectivity index is 1.74. The lowest BCUT2D eigenvalue weighted by Gasteiger charge is -2.27. The zero-order valence-electron chi connectivity index (χ0n) is 20.4. The maximum Gasteiger partial charge on any atom is 0.408 e. The van der Waals surface area contributed by atoms with Gasteiger partial charge in [-0.15, -0.1) is 0 Å². The molecular weight excluding hydrogens is 444 g/mol. The van der Waals surface area contributed by atoms with Crippen LogP contribution < -0.4 is 14.8 Å². The lowest BCUT2D eigenvalue weighted by molar-refractivity contribution is -0.133. The molecule has 0 aliphatic carbocycles. The van der Waals surface area contributed by atoms with Crippen molar-refractivity contribution in [1.82, 2.24) is 10.2 Å². The summed E-state index contributed by atoms with van der Waals surface area (Å²) in [6, 6.07) is 23.8. The van der Waals surface area contributed by atoms with Crippen LogP contribution in [0.3, 0.4) is 0 Å². The van der Waals surface area contributed by atoms with Crippen molar-refractivity contribution in [2.45, 2.75) is 32.5 Å². The highest BCUT2D eigenvalue weighted by Gasteiger charge is 2.26. The molecule has 3 aromatic rings. The summed E-state index contributed by atoms with van der Waals surface area (Å²) in [4.78, 5) is 27.9. The Hall–Kier alpha value is -4.00. The molecule has 0 saturated heterocycles. The summed E-state index contributed by atoms with van der Waals surface area (Å²) in [5, 5.41) is 2.78. The normalized spacial score (nSPS) is 11.3. The minimum absolute atomic E-state index is 0.127. The quantitative estimate of drug-likeness (QED) is 0.438. The summed E-state index contributed by atoms with van der Waals surface area (Å²) in [5.41, 5.74) is 2.71. The largest absolute Gasteiger partial charge is 0.493 e. The number of methoxy groups -OCH3 is 2. The summed E-state index contributed by atoms with van der Waals surface area (Å²) in [6.07, 6.45) is -0.284. The minimum atomic E-state index is -0.777. The molecule has 0 unspecified atom stereocenters. The molecule has 2 amide bonds. The van der Waals surface area contributed by atoms with E-state index < -0.39 is 12.1 Å².